The Hall–Kier alpha value is -3.80. The molecule has 0 radical (unpaired) electrons. The summed E-state index contributed by atoms with van der Waals surface area (Å²) in [6.45, 7) is 6.46. The van der Waals surface area contributed by atoms with E-state index in [4.69, 9.17) is 4.99 Å². The zero-order valence-corrected chi connectivity index (χ0v) is 20.8. The molecule has 1 N–H and O–H groups in total. The number of aromatic nitrogens is 2. The maximum absolute atomic E-state index is 13.6. The number of hydrogen-bond donors (Lipinski definition) is 1. The summed E-state index contributed by atoms with van der Waals surface area (Å²) in [7, 11) is 2.10. The largest absolute Gasteiger partial charge is 0.360 e. The van der Waals surface area contributed by atoms with Crippen molar-refractivity contribution in [3.63, 3.8) is 0 Å². The number of para-hydroxylation sites is 1. The van der Waals surface area contributed by atoms with Crippen molar-refractivity contribution < 1.29 is 4.58 Å². The lowest BCUT2D eigenvalue weighted by Gasteiger charge is -2.23. The van der Waals surface area contributed by atoms with Gasteiger partial charge in [-0.25, -0.2) is 4.58 Å². The molecule has 0 saturated carbocycles. The fraction of sp³-hybridized carbons (Fsp3) is 0.310. The molecule has 6 nitrogen and oxygen atoms in total. The predicted molar refractivity (Wildman–Crippen MR) is 142 cm³/mol. The Kier molecular flexibility index (Phi) is 6.20. The van der Waals surface area contributed by atoms with Gasteiger partial charge in [-0.3, -0.25) is 19.3 Å². The van der Waals surface area contributed by atoms with Crippen molar-refractivity contribution in [2.24, 2.45) is 10.9 Å². The van der Waals surface area contributed by atoms with Crippen LogP contribution in [0.4, 0.5) is 0 Å². The molecule has 0 spiro atoms. The lowest BCUT2D eigenvalue weighted by atomic mass is 9.96. The quantitative estimate of drug-likeness (QED) is 0.544. The molecule has 178 valence electrons. The van der Waals surface area contributed by atoms with E-state index in [2.05, 4.69) is 55.1 Å². The van der Waals surface area contributed by atoms with Crippen LogP contribution in [0.1, 0.15) is 51.8 Å². The average Bonchev–Trinajstić information content (AvgIpc) is 2.84. The Labute approximate surface area is 206 Å². The van der Waals surface area contributed by atoms with Crippen LogP contribution in [0.15, 0.2) is 87.7 Å². The Morgan fingerprint density at radius 3 is 2.77 bits per heavy atom. The van der Waals surface area contributed by atoms with Crippen molar-refractivity contribution in [3.8, 4) is 5.69 Å². The second-order valence-electron chi connectivity index (χ2n) is 9.64. The molecule has 0 fully saturated rings. The lowest BCUT2D eigenvalue weighted by Crippen LogP contribution is -2.31. The van der Waals surface area contributed by atoms with Gasteiger partial charge >= 0.3 is 0 Å². The van der Waals surface area contributed by atoms with Crippen LogP contribution >= 0.6 is 0 Å². The van der Waals surface area contributed by atoms with E-state index in [0.717, 1.165) is 42.1 Å². The monoisotopic (exact) mass is 466 g/mol. The topological polar surface area (TPSA) is 62.3 Å². The van der Waals surface area contributed by atoms with Gasteiger partial charge in [-0.2, -0.15) is 0 Å². The molecule has 4 heterocycles. The smallest absolute Gasteiger partial charge is 0.264 e. The fourth-order valence-electron chi connectivity index (χ4n) is 5.09. The van der Waals surface area contributed by atoms with Crippen molar-refractivity contribution in [1.82, 2.24) is 14.9 Å². The van der Waals surface area contributed by atoms with E-state index in [1.54, 1.807) is 10.8 Å². The third-order valence-electron chi connectivity index (χ3n) is 6.77. The van der Waals surface area contributed by atoms with Crippen LogP contribution in [0.2, 0.25) is 0 Å². The summed E-state index contributed by atoms with van der Waals surface area (Å²) in [6.07, 6.45) is 8.86. The molecule has 2 aromatic heterocycles. The molecule has 3 aromatic rings. The SMILES string of the molecule is CC1=CNC2=C(C(=NC(C)c3cc4ncccc4c(=O)n3-c3ccccc3)CC1)[N+](C)=CC(C)C2. The van der Waals surface area contributed by atoms with E-state index in [1.165, 1.54) is 11.3 Å². The van der Waals surface area contributed by atoms with E-state index >= 15 is 0 Å². The number of nitrogens with zero attached hydrogens (tertiary/aromatic N) is 4. The number of fused-ring (bicyclic) bond motifs is 1. The molecule has 0 bridgehead atoms. The maximum Gasteiger partial charge on any atom is 0.264 e. The first-order valence-corrected chi connectivity index (χ1v) is 12.3. The first-order chi connectivity index (χ1) is 16.9. The third kappa shape index (κ3) is 4.48. The summed E-state index contributed by atoms with van der Waals surface area (Å²) in [5.41, 5.74) is 7.00. The van der Waals surface area contributed by atoms with Gasteiger partial charge in [-0.15, -0.1) is 0 Å². The van der Waals surface area contributed by atoms with Crippen LogP contribution < -0.4 is 10.9 Å². The summed E-state index contributed by atoms with van der Waals surface area (Å²) in [4.78, 5) is 23.4. The van der Waals surface area contributed by atoms with E-state index in [9.17, 15) is 4.79 Å². The van der Waals surface area contributed by atoms with Gasteiger partial charge in [-0.05, 0) is 63.2 Å². The molecule has 35 heavy (non-hydrogen) atoms. The van der Waals surface area contributed by atoms with Gasteiger partial charge in [0.25, 0.3) is 5.56 Å². The number of nitrogens with one attached hydrogen (secondary N) is 1. The zero-order chi connectivity index (χ0) is 24.5. The first kappa shape index (κ1) is 23.0. The number of benzene rings is 1. The first-order valence-electron chi connectivity index (χ1n) is 12.3. The molecule has 2 atom stereocenters. The number of hydrogen-bond acceptors (Lipinski definition) is 4. The summed E-state index contributed by atoms with van der Waals surface area (Å²) in [6, 6.07) is 15.2. The van der Waals surface area contributed by atoms with Crippen molar-refractivity contribution in [1.29, 1.82) is 0 Å². The standard InChI is InChI=1S/C29H32N5O/c1-19-12-13-24(28-26(31-17-19)15-20(2)18-33(28)4)32-21(3)27-16-25-23(11-8-14-30-25)29(35)34(27)22-9-6-5-7-10-22/h5-11,14,16-18,20-21,31H,12-13,15H2,1-4H3/q+1. The van der Waals surface area contributed by atoms with Gasteiger partial charge in [0.05, 0.1) is 28.3 Å². The van der Waals surface area contributed by atoms with Crippen molar-refractivity contribution >= 4 is 22.8 Å². The molecule has 5 rings (SSSR count). The minimum Gasteiger partial charge on any atom is -0.360 e. The maximum atomic E-state index is 13.6. The normalized spacial score (nSPS) is 20.5. The van der Waals surface area contributed by atoms with Gasteiger partial charge in [0.15, 0.2) is 0 Å². The second kappa shape index (κ2) is 9.45. The molecule has 6 heteroatoms. The van der Waals surface area contributed by atoms with Crippen LogP contribution in [0.25, 0.3) is 16.6 Å². The highest BCUT2D eigenvalue weighted by Gasteiger charge is 2.30. The summed E-state index contributed by atoms with van der Waals surface area (Å²) in [5, 5.41) is 4.17. The number of allylic oxidation sites excluding steroid dienone is 3. The molecule has 0 aliphatic carbocycles. The summed E-state index contributed by atoms with van der Waals surface area (Å²) in [5.74, 6) is 0.452. The van der Waals surface area contributed by atoms with Crippen LogP contribution in [0.3, 0.4) is 0 Å². The summed E-state index contributed by atoms with van der Waals surface area (Å²) < 4.78 is 4.00. The number of pyridine rings is 2. The van der Waals surface area contributed by atoms with Gasteiger partial charge < -0.3 is 5.32 Å². The van der Waals surface area contributed by atoms with Crippen LogP contribution in [0.5, 0.6) is 0 Å². The Balaban J connectivity index is 1.69. The van der Waals surface area contributed by atoms with Crippen molar-refractivity contribution in [2.45, 2.75) is 46.1 Å². The third-order valence-corrected chi connectivity index (χ3v) is 6.77. The zero-order valence-electron chi connectivity index (χ0n) is 20.8. The summed E-state index contributed by atoms with van der Waals surface area (Å²) >= 11 is 0. The Morgan fingerprint density at radius 1 is 1.17 bits per heavy atom. The molecule has 1 aromatic carbocycles. The van der Waals surface area contributed by atoms with Gasteiger partial charge in [0, 0.05) is 24.2 Å². The molecule has 2 aliphatic rings. The van der Waals surface area contributed by atoms with Crippen molar-refractivity contribution in [2.75, 3.05) is 7.05 Å². The van der Waals surface area contributed by atoms with Crippen LogP contribution in [-0.2, 0) is 0 Å². The van der Waals surface area contributed by atoms with Crippen molar-refractivity contribution in [3.05, 3.63) is 93.9 Å². The Bertz CT molecular complexity index is 1460. The van der Waals surface area contributed by atoms with Gasteiger partial charge in [0.1, 0.15) is 19.0 Å². The molecular weight excluding hydrogens is 434 g/mol. The molecule has 0 amide bonds. The minimum absolute atomic E-state index is 0.0705. The van der Waals surface area contributed by atoms with E-state index in [1.807, 2.05) is 48.5 Å². The Morgan fingerprint density at radius 2 is 1.97 bits per heavy atom. The molecule has 2 aliphatic heterocycles. The highest BCUT2D eigenvalue weighted by Crippen LogP contribution is 2.28. The number of aliphatic imine (C=N–C) groups is 1. The van der Waals surface area contributed by atoms with E-state index in [-0.39, 0.29) is 11.6 Å². The molecular formula is C29H32N5O+. The van der Waals surface area contributed by atoms with Crippen LogP contribution in [-0.4, -0.2) is 33.1 Å². The molecule has 0 saturated heterocycles. The van der Waals surface area contributed by atoms with Gasteiger partial charge in [0.2, 0.25) is 5.70 Å². The second-order valence-corrected chi connectivity index (χ2v) is 9.64. The van der Waals surface area contributed by atoms with Gasteiger partial charge in [-0.1, -0.05) is 30.7 Å². The van der Waals surface area contributed by atoms with Crippen LogP contribution in [0, 0.1) is 5.92 Å². The van der Waals surface area contributed by atoms with E-state index in [0.29, 0.717) is 16.8 Å². The fourth-order valence-corrected chi connectivity index (χ4v) is 5.09. The minimum atomic E-state index is -0.241. The highest BCUT2D eigenvalue weighted by atomic mass is 16.1. The lowest BCUT2D eigenvalue weighted by molar-refractivity contribution is -0.435. The predicted octanol–water partition coefficient (Wildman–Crippen LogP) is 5.14. The highest BCUT2D eigenvalue weighted by molar-refractivity contribution is 6.00. The molecule has 2 unspecified atom stereocenters. The van der Waals surface area contributed by atoms with E-state index < -0.39 is 0 Å². The number of rotatable bonds is 3. The average molecular weight is 467 g/mol.